The zero-order valence-corrected chi connectivity index (χ0v) is 21.5. The second-order valence-corrected chi connectivity index (χ2v) is 8.44. The van der Waals surface area contributed by atoms with E-state index in [2.05, 4.69) is 52.9 Å². The van der Waals surface area contributed by atoms with Crippen LogP contribution in [0.1, 0.15) is 33.6 Å². The number of aliphatic imine (C=N–C) groups is 1. The summed E-state index contributed by atoms with van der Waals surface area (Å²) in [7, 11) is 1.75. The van der Waals surface area contributed by atoms with Gasteiger partial charge in [-0.15, -0.1) is 24.0 Å². The van der Waals surface area contributed by atoms with Crippen LogP contribution in [0.25, 0.3) is 0 Å². The standard InChI is InChI=1S/C23H39N5O.HI/c1-5-24-23(25-17-20-9-8-12-28(18-20)19(2)3)27-15-13-26(14-16-27)21-10-6-7-11-22(21)29-4;/h6-7,10-11,19-20H,5,8-9,12-18H2,1-4H3,(H,24,25);1H. The Morgan fingerprint density at radius 3 is 2.57 bits per heavy atom. The fourth-order valence-corrected chi connectivity index (χ4v) is 4.41. The van der Waals surface area contributed by atoms with Gasteiger partial charge >= 0.3 is 0 Å². The summed E-state index contributed by atoms with van der Waals surface area (Å²) in [6.45, 7) is 14.9. The van der Waals surface area contributed by atoms with E-state index in [1.165, 1.54) is 31.6 Å². The highest BCUT2D eigenvalue weighted by Gasteiger charge is 2.24. The molecule has 1 aromatic rings. The predicted molar refractivity (Wildman–Crippen MR) is 138 cm³/mol. The van der Waals surface area contributed by atoms with E-state index in [0.717, 1.165) is 51.0 Å². The third kappa shape index (κ3) is 6.64. The number of hydrogen-bond acceptors (Lipinski definition) is 4. The number of nitrogens with zero attached hydrogens (tertiary/aromatic N) is 4. The number of nitrogens with one attached hydrogen (secondary N) is 1. The van der Waals surface area contributed by atoms with Crippen molar-refractivity contribution in [2.45, 2.75) is 39.7 Å². The quantitative estimate of drug-likeness (QED) is 0.347. The Bertz CT molecular complexity index is 661. The van der Waals surface area contributed by atoms with E-state index in [1.54, 1.807) is 7.11 Å². The Hall–Kier alpha value is -1.22. The molecular weight excluding hydrogens is 489 g/mol. The molecule has 0 spiro atoms. The molecule has 7 heteroatoms. The van der Waals surface area contributed by atoms with E-state index in [0.29, 0.717) is 12.0 Å². The molecule has 0 bridgehead atoms. The highest BCUT2D eigenvalue weighted by molar-refractivity contribution is 14.0. The lowest BCUT2D eigenvalue weighted by atomic mass is 9.97. The van der Waals surface area contributed by atoms with Gasteiger partial charge in [-0.1, -0.05) is 12.1 Å². The Kier molecular flexibility index (Phi) is 10.5. The van der Waals surface area contributed by atoms with Crippen LogP contribution in [0.3, 0.4) is 0 Å². The summed E-state index contributed by atoms with van der Waals surface area (Å²) in [5.74, 6) is 2.71. The predicted octanol–water partition coefficient (Wildman–Crippen LogP) is 3.52. The van der Waals surface area contributed by atoms with Gasteiger partial charge in [-0.3, -0.25) is 4.99 Å². The molecule has 170 valence electrons. The lowest BCUT2D eigenvalue weighted by Crippen LogP contribution is -2.52. The first kappa shape index (κ1) is 25.0. The number of ether oxygens (including phenoxy) is 1. The first-order valence-corrected chi connectivity index (χ1v) is 11.3. The summed E-state index contributed by atoms with van der Waals surface area (Å²) < 4.78 is 5.55. The molecule has 2 fully saturated rings. The van der Waals surface area contributed by atoms with E-state index < -0.39 is 0 Å². The van der Waals surface area contributed by atoms with Crippen molar-refractivity contribution < 1.29 is 4.74 Å². The summed E-state index contributed by atoms with van der Waals surface area (Å²) in [5, 5.41) is 3.52. The van der Waals surface area contributed by atoms with Crippen LogP contribution in [0.15, 0.2) is 29.3 Å². The molecule has 2 aliphatic heterocycles. The van der Waals surface area contributed by atoms with E-state index in [1.807, 2.05) is 12.1 Å². The van der Waals surface area contributed by atoms with Crippen LogP contribution in [0.5, 0.6) is 5.75 Å². The number of piperazine rings is 1. The van der Waals surface area contributed by atoms with Crippen LogP contribution in [0, 0.1) is 5.92 Å². The number of likely N-dealkylation sites (tertiary alicyclic amines) is 1. The van der Waals surface area contributed by atoms with E-state index in [-0.39, 0.29) is 24.0 Å². The first-order chi connectivity index (χ1) is 14.1. The lowest BCUT2D eigenvalue weighted by Gasteiger charge is -2.38. The minimum Gasteiger partial charge on any atom is -0.495 e. The zero-order chi connectivity index (χ0) is 20.6. The minimum absolute atomic E-state index is 0. The molecule has 0 radical (unpaired) electrons. The third-order valence-corrected chi connectivity index (χ3v) is 6.12. The molecule has 2 aliphatic rings. The number of halogens is 1. The molecule has 0 aliphatic carbocycles. The summed E-state index contributed by atoms with van der Waals surface area (Å²) in [6.07, 6.45) is 2.60. The van der Waals surface area contributed by atoms with Crippen molar-refractivity contribution in [3.05, 3.63) is 24.3 Å². The first-order valence-electron chi connectivity index (χ1n) is 11.3. The van der Waals surface area contributed by atoms with Crippen LogP contribution in [-0.2, 0) is 0 Å². The molecule has 1 aromatic carbocycles. The number of piperidine rings is 1. The molecule has 0 aromatic heterocycles. The molecule has 2 saturated heterocycles. The normalized spacial score (nSPS) is 20.8. The van der Waals surface area contributed by atoms with Gasteiger partial charge in [0.15, 0.2) is 5.96 Å². The molecule has 6 nitrogen and oxygen atoms in total. The molecule has 0 saturated carbocycles. The van der Waals surface area contributed by atoms with Gasteiger partial charge in [0.05, 0.1) is 12.8 Å². The van der Waals surface area contributed by atoms with Gasteiger partial charge in [0, 0.05) is 51.9 Å². The third-order valence-electron chi connectivity index (χ3n) is 6.12. The highest BCUT2D eigenvalue weighted by atomic mass is 127. The topological polar surface area (TPSA) is 43.3 Å². The van der Waals surface area contributed by atoms with Gasteiger partial charge in [0.1, 0.15) is 5.75 Å². The number of benzene rings is 1. The van der Waals surface area contributed by atoms with Gasteiger partial charge in [0.2, 0.25) is 0 Å². The molecule has 1 unspecified atom stereocenters. The highest BCUT2D eigenvalue weighted by Crippen LogP contribution is 2.28. The van der Waals surface area contributed by atoms with Crippen LogP contribution < -0.4 is 15.0 Å². The second kappa shape index (κ2) is 12.6. The smallest absolute Gasteiger partial charge is 0.194 e. The largest absolute Gasteiger partial charge is 0.495 e. The van der Waals surface area contributed by atoms with Gasteiger partial charge in [0.25, 0.3) is 0 Å². The van der Waals surface area contributed by atoms with Gasteiger partial charge in [-0.25, -0.2) is 0 Å². The average molecular weight is 530 g/mol. The van der Waals surface area contributed by atoms with E-state index in [9.17, 15) is 0 Å². The molecule has 30 heavy (non-hydrogen) atoms. The maximum Gasteiger partial charge on any atom is 0.194 e. The van der Waals surface area contributed by atoms with Crippen molar-refractivity contribution >= 4 is 35.6 Å². The van der Waals surface area contributed by atoms with Crippen molar-refractivity contribution in [1.82, 2.24) is 15.1 Å². The number of rotatable bonds is 6. The lowest BCUT2D eigenvalue weighted by molar-refractivity contribution is 0.143. The number of methoxy groups -OCH3 is 1. The summed E-state index contributed by atoms with van der Waals surface area (Å²) in [6, 6.07) is 8.94. The SMILES string of the molecule is CCNC(=NCC1CCCN(C(C)C)C1)N1CCN(c2ccccc2OC)CC1.I. The van der Waals surface area contributed by atoms with Crippen molar-refractivity contribution in [2.75, 3.05) is 64.4 Å². The zero-order valence-electron chi connectivity index (χ0n) is 19.1. The Morgan fingerprint density at radius 1 is 1.17 bits per heavy atom. The molecule has 3 rings (SSSR count). The van der Waals surface area contributed by atoms with Crippen molar-refractivity contribution in [3.63, 3.8) is 0 Å². The maximum absolute atomic E-state index is 5.55. The summed E-state index contributed by atoms with van der Waals surface area (Å²) in [5.41, 5.74) is 1.19. The van der Waals surface area contributed by atoms with E-state index >= 15 is 0 Å². The monoisotopic (exact) mass is 529 g/mol. The Balaban J connectivity index is 0.00000320. The van der Waals surface area contributed by atoms with E-state index in [4.69, 9.17) is 9.73 Å². The Morgan fingerprint density at radius 2 is 1.90 bits per heavy atom. The second-order valence-electron chi connectivity index (χ2n) is 8.44. The van der Waals surface area contributed by atoms with Crippen LogP contribution >= 0.6 is 24.0 Å². The average Bonchev–Trinajstić information content (AvgIpc) is 2.77. The Labute approximate surface area is 200 Å². The number of hydrogen-bond donors (Lipinski definition) is 1. The summed E-state index contributed by atoms with van der Waals surface area (Å²) in [4.78, 5) is 12.5. The van der Waals surface area contributed by atoms with Crippen molar-refractivity contribution in [3.8, 4) is 5.75 Å². The fraction of sp³-hybridized carbons (Fsp3) is 0.696. The van der Waals surface area contributed by atoms with Gasteiger partial charge in [-0.05, 0) is 58.2 Å². The molecular formula is C23H40IN5O. The molecule has 1 atom stereocenters. The van der Waals surface area contributed by atoms with Crippen molar-refractivity contribution in [2.24, 2.45) is 10.9 Å². The van der Waals surface area contributed by atoms with Crippen LogP contribution in [0.4, 0.5) is 5.69 Å². The number of para-hydroxylation sites is 2. The molecule has 2 heterocycles. The van der Waals surface area contributed by atoms with Crippen molar-refractivity contribution in [1.29, 1.82) is 0 Å². The minimum atomic E-state index is 0. The van der Waals surface area contributed by atoms with Crippen LogP contribution in [0.2, 0.25) is 0 Å². The fourth-order valence-electron chi connectivity index (χ4n) is 4.41. The molecule has 0 amide bonds. The van der Waals surface area contributed by atoms with Crippen LogP contribution in [-0.4, -0.2) is 81.3 Å². The molecule has 1 N–H and O–H groups in total. The van der Waals surface area contributed by atoms with Gasteiger partial charge < -0.3 is 24.8 Å². The van der Waals surface area contributed by atoms with Gasteiger partial charge in [-0.2, -0.15) is 0 Å². The summed E-state index contributed by atoms with van der Waals surface area (Å²) >= 11 is 0. The number of anilines is 1. The number of guanidine groups is 1. The maximum atomic E-state index is 5.55.